The Morgan fingerprint density at radius 1 is 1.06 bits per heavy atom. The highest BCUT2D eigenvalue weighted by molar-refractivity contribution is 7.97. The Morgan fingerprint density at radius 2 is 1.78 bits per heavy atom. The van der Waals surface area contributed by atoms with Crippen LogP contribution >= 0.6 is 11.8 Å². The molecule has 1 amide bonds. The second kappa shape index (κ2) is 12.7. The second-order valence-electron chi connectivity index (χ2n) is 9.29. The van der Waals surface area contributed by atoms with Crippen LogP contribution in [0.5, 0.6) is 0 Å². The fourth-order valence-corrected chi connectivity index (χ4v) is 5.38. The van der Waals surface area contributed by atoms with E-state index in [1.807, 2.05) is 30.3 Å². The maximum absolute atomic E-state index is 12.3. The summed E-state index contributed by atoms with van der Waals surface area (Å²) in [4.78, 5) is 23.0. The summed E-state index contributed by atoms with van der Waals surface area (Å²) in [6, 6.07) is 20.0. The smallest absolute Gasteiger partial charge is 0.305 e. The van der Waals surface area contributed by atoms with Crippen LogP contribution in [0.4, 0.5) is 5.69 Å². The molecule has 1 aliphatic rings. The zero-order chi connectivity index (χ0) is 25.3. The van der Waals surface area contributed by atoms with Gasteiger partial charge in [-0.3, -0.25) is 9.59 Å². The molecule has 1 fully saturated rings. The summed E-state index contributed by atoms with van der Waals surface area (Å²) in [6.45, 7) is 0.111. The summed E-state index contributed by atoms with van der Waals surface area (Å²) in [5.74, 6) is 2.02. The quantitative estimate of drug-likeness (QED) is 0.266. The van der Waals surface area contributed by atoms with Crippen molar-refractivity contribution in [2.75, 3.05) is 18.1 Å². The maximum Gasteiger partial charge on any atom is 0.305 e. The molecule has 0 saturated heterocycles. The van der Waals surface area contributed by atoms with Crippen molar-refractivity contribution in [1.82, 2.24) is 5.32 Å². The summed E-state index contributed by atoms with van der Waals surface area (Å²) in [5.41, 5.74) is 3.75. The first-order valence-corrected chi connectivity index (χ1v) is 14.0. The van der Waals surface area contributed by atoms with Crippen LogP contribution in [-0.4, -0.2) is 29.8 Å². The molecule has 6 nitrogen and oxygen atoms in total. The molecule has 1 atom stereocenters. The minimum absolute atomic E-state index is 0.0947. The van der Waals surface area contributed by atoms with Crippen molar-refractivity contribution in [3.05, 3.63) is 77.6 Å². The zero-order valence-electron chi connectivity index (χ0n) is 20.7. The largest absolute Gasteiger partial charge is 0.481 e. The Labute approximate surface area is 216 Å². The number of carbonyl (C=O) groups is 2. The molecule has 3 aromatic rings. The minimum Gasteiger partial charge on any atom is -0.481 e. The highest BCUT2D eigenvalue weighted by atomic mass is 32.2. The zero-order valence-corrected chi connectivity index (χ0v) is 21.5. The molecule has 1 saturated carbocycles. The summed E-state index contributed by atoms with van der Waals surface area (Å²) < 4.78 is 6.40. The number of aliphatic carboxylic acids is 1. The van der Waals surface area contributed by atoms with Crippen molar-refractivity contribution in [2.45, 2.75) is 50.3 Å². The average Bonchev–Trinajstić information content (AvgIpc) is 3.32. The first kappa shape index (κ1) is 25.9. The number of hydrogen-bond acceptors (Lipinski definition) is 5. The molecule has 0 aliphatic heterocycles. The van der Waals surface area contributed by atoms with E-state index in [9.17, 15) is 9.59 Å². The van der Waals surface area contributed by atoms with Crippen LogP contribution in [0.3, 0.4) is 0 Å². The lowest BCUT2D eigenvalue weighted by atomic mass is 9.81. The molecule has 4 rings (SSSR count). The first-order valence-electron chi connectivity index (χ1n) is 12.6. The molecule has 0 radical (unpaired) electrons. The average molecular weight is 507 g/mol. The minimum atomic E-state index is -0.931. The number of rotatable bonds is 11. The van der Waals surface area contributed by atoms with Gasteiger partial charge >= 0.3 is 5.97 Å². The summed E-state index contributed by atoms with van der Waals surface area (Å²) in [5, 5.41) is 15.2. The van der Waals surface area contributed by atoms with Crippen LogP contribution in [-0.2, 0) is 10.5 Å². The van der Waals surface area contributed by atoms with E-state index in [4.69, 9.17) is 9.52 Å². The van der Waals surface area contributed by atoms with Gasteiger partial charge in [-0.1, -0.05) is 49.6 Å². The number of thioether (sulfide) groups is 1. The highest BCUT2D eigenvalue weighted by Crippen LogP contribution is 2.41. The molecule has 1 unspecified atom stereocenters. The molecule has 0 spiro atoms. The number of nitrogens with one attached hydrogen (secondary N) is 2. The monoisotopic (exact) mass is 506 g/mol. The van der Waals surface area contributed by atoms with E-state index in [2.05, 4.69) is 35.1 Å². The van der Waals surface area contributed by atoms with Gasteiger partial charge < -0.3 is 20.2 Å². The molecule has 2 aromatic carbocycles. The van der Waals surface area contributed by atoms with E-state index in [0.29, 0.717) is 11.5 Å². The first-order chi connectivity index (χ1) is 17.5. The summed E-state index contributed by atoms with van der Waals surface area (Å²) >= 11 is 1.76. The van der Waals surface area contributed by atoms with Crippen LogP contribution in [0, 0.1) is 5.92 Å². The molecular formula is C29H34N2O4S. The Hall–Kier alpha value is -3.19. The van der Waals surface area contributed by atoms with Crippen LogP contribution < -0.4 is 10.6 Å². The fourth-order valence-electron chi connectivity index (χ4n) is 4.89. The van der Waals surface area contributed by atoms with E-state index in [0.717, 1.165) is 28.5 Å². The van der Waals surface area contributed by atoms with Gasteiger partial charge in [-0.2, -0.15) is 11.8 Å². The van der Waals surface area contributed by atoms with Crippen molar-refractivity contribution in [2.24, 2.45) is 5.92 Å². The standard InChI is InChI=1S/C29H34N2O4S/c1-36-19-26-24(18-25(35-26)20-8-4-2-5-9-20)28(21-10-6-3-7-11-21)31-23-14-12-22(13-15-23)29(34)30-17-16-27(32)33/h2,4-5,8-9,12-15,18,21,28,31H,3,6-7,10-11,16-17,19H2,1H3,(H,30,34)(H,32,33). The third-order valence-corrected chi connectivity index (χ3v) is 7.28. The third kappa shape index (κ3) is 6.72. The van der Waals surface area contributed by atoms with Crippen molar-refractivity contribution in [3.63, 3.8) is 0 Å². The van der Waals surface area contributed by atoms with Crippen LogP contribution in [0.2, 0.25) is 0 Å². The fraction of sp³-hybridized carbons (Fsp3) is 0.379. The van der Waals surface area contributed by atoms with Crippen molar-refractivity contribution in [1.29, 1.82) is 0 Å². The summed E-state index contributed by atoms with van der Waals surface area (Å²) in [7, 11) is 0. The predicted octanol–water partition coefficient (Wildman–Crippen LogP) is 6.75. The number of amides is 1. The van der Waals surface area contributed by atoms with E-state index < -0.39 is 5.97 Å². The molecule has 36 heavy (non-hydrogen) atoms. The molecule has 7 heteroatoms. The number of anilines is 1. The highest BCUT2D eigenvalue weighted by Gasteiger charge is 2.29. The molecule has 1 heterocycles. The topological polar surface area (TPSA) is 91.6 Å². The van der Waals surface area contributed by atoms with Gasteiger partial charge in [0.15, 0.2) is 0 Å². The molecule has 3 N–H and O–H groups in total. The Morgan fingerprint density at radius 3 is 2.44 bits per heavy atom. The van der Waals surface area contributed by atoms with E-state index in [1.54, 1.807) is 23.9 Å². The SMILES string of the molecule is CSCc1oc(-c2ccccc2)cc1C(Nc1ccc(C(=O)NCCC(=O)O)cc1)C1CCCCC1. The number of furan rings is 1. The number of benzene rings is 2. The van der Waals surface area contributed by atoms with Gasteiger partial charge in [-0.25, -0.2) is 0 Å². The second-order valence-corrected chi connectivity index (χ2v) is 10.2. The van der Waals surface area contributed by atoms with Crippen LogP contribution in [0.15, 0.2) is 65.1 Å². The Balaban J connectivity index is 1.58. The molecule has 0 bridgehead atoms. The lowest BCUT2D eigenvalue weighted by Crippen LogP contribution is -2.26. The maximum atomic E-state index is 12.3. The summed E-state index contributed by atoms with van der Waals surface area (Å²) in [6.07, 6.45) is 8.10. The normalized spacial score (nSPS) is 14.8. The molecule has 1 aliphatic carbocycles. The van der Waals surface area contributed by atoms with Gasteiger partial charge in [-0.15, -0.1) is 0 Å². The van der Waals surface area contributed by atoms with Gasteiger partial charge in [0.25, 0.3) is 5.91 Å². The van der Waals surface area contributed by atoms with Gasteiger partial charge in [0.2, 0.25) is 0 Å². The van der Waals surface area contributed by atoms with Crippen LogP contribution in [0.25, 0.3) is 11.3 Å². The predicted molar refractivity (Wildman–Crippen MR) is 145 cm³/mol. The van der Waals surface area contributed by atoms with Crippen molar-refractivity contribution >= 4 is 29.3 Å². The number of carboxylic acid groups (broad SMARTS) is 1. The number of carbonyl (C=O) groups excluding carboxylic acids is 1. The van der Waals surface area contributed by atoms with Crippen LogP contribution in [0.1, 0.15) is 66.2 Å². The van der Waals surface area contributed by atoms with Crippen molar-refractivity contribution in [3.8, 4) is 11.3 Å². The van der Waals surface area contributed by atoms with E-state index in [-0.39, 0.29) is 24.9 Å². The van der Waals surface area contributed by atoms with Gasteiger partial charge in [0.1, 0.15) is 11.5 Å². The molecular weight excluding hydrogens is 472 g/mol. The Kier molecular flexibility index (Phi) is 9.11. The van der Waals surface area contributed by atoms with E-state index >= 15 is 0 Å². The lowest BCUT2D eigenvalue weighted by Gasteiger charge is -2.32. The molecule has 1 aromatic heterocycles. The van der Waals surface area contributed by atoms with E-state index in [1.165, 1.54) is 37.7 Å². The number of carboxylic acids is 1. The van der Waals surface area contributed by atoms with Gasteiger partial charge in [0, 0.05) is 28.9 Å². The third-order valence-electron chi connectivity index (χ3n) is 6.73. The molecule has 190 valence electrons. The lowest BCUT2D eigenvalue weighted by molar-refractivity contribution is -0.136. The van der Waals surface area contributed by atoms with Gasteiger partial charge in [0.05, 0.1) is 18.2 Å². The van der Waals surface area contributed by atoms with Gasteiger partial charge in [-0.05, 0) is 55.3 Å². The van der Waals surface area contributed by atoms with Crippen molar-refractivity contribution < 1.29 is 19.1 Å². The number of hydrogen-bond donors (Lipinski definition) is 3. The Bertz CT molecular complexity index is 1140.